The van der Waals surface area contributed by atoms with Crippen LogP contribution in [0.25, 0.3) is 0 Å². The highest BCUT2D eigenvalue weighted by Crippen LogP contribution is 2.32. The fourth-order valence-corrected chi connectivity index (χ4v) is 3.00. The second kappa shape index (κ2) is 4.10. The Morgan fingerprint density at radius 3 is 3.12 bits per heavy atom. The second-order valence-electron chi connectivity index (χ2n) is 4.39. The maximum Gasteiger partial charge on any atom is 0.206 e. The van der Waals surface area contributed by atoms with Crippen LogP contribution < -0.4 is 5.32 Å². The fraction of sp³-hybridized carbons (Fsp3) is 0.545. The Morgan fingerprint density at radius 2 is 2.35 bits per heavy atom. The Bertz CT molecular complexity index is 530. The van der Waals surface area contributed by atoms with Gasteiger partial charge in [0.2, 0.25) is 5.13 Å². The van der Waals surface area contributed by atoms with E-state index >= 15 is 0 Å². The highest BCUT2D eigenvalue weighted by molar-refractivity contribution is 7.15. The van der Waals surface area contributed by atoms with Crippen molar-refractivity contribution >= 4 is 16.5 Å². The number of aromatic nitrogens is 4. The van der Waals surface area contributed by atoms with Crippen LogP contribution in [0.15, 0.2) is 6.20 Å². The van der Waals surface area contributed by atoms with Gasteiger partial charge in [0.05, 0.1) is 12.2 Å². The second-order valence-corrected chi connectivity index (χ2v) is 5.57. The molecule has 6 heteroatoms. The molecule has 1 aliphatic carbocycles. The van der Waals surface area contributed by atoms with Gasteiger partial charge in [-0.05, 0) is 26.2 Å². The van der Waals surface area contributed by atoms with Gasteiger partial charge in [-0.25, -0.2) is 0 Å². The van der Waals surface area contributed by atoms with Crippen LogP contribution in [0.2, 0.25) is 0 Å². The summed E-state index contributed by atoms with van der Waals surface area (Å²) in [7, 11) is 2.01. The summed E-state index contributed by atoms with van der Waals surface area (Å²) in [6.45, 7) is 1.97. The van der Waals surface area contributed by atoms with E-state index in [0.29, 0.717) is 6.04 Å². The van der Waals surface area contributed by atoms with E-state index in [9.17, 15) is 0 Å². The van der Waals surface area contributed by atoms with Crippen molar-refractivity contribution in [2.45, 2.75) is 32.2 Å². The summed E-state index contributed by atoms with van der Waals surface area (Å²) in [6, 6.07) is 0.333. The van der Waals surface area contributed by atoms with E-state index in [0.717, 1.165) is 23.0 Å². The lowest BCUT2D eigenvalue weighted by Gasteiger charge is -2.23. The number of aryl methyl sites for hydroxylation is 2. The van der Waals surface area contributed by atoms with E-state index < -0.39 is 0 Å². The minimum absolute atomic E-state index is 0.333. The molecule has 2 heterocycles. The number of fused-ring (bicyclic) bond motifs is 1. The number of rotatable bonds is 2. The minimum Gasteiger partial charge on any atom is -0.353 e. The van der Waals surface area contributed by atoms with Crippen LogP contribution in [0, 0.1) is 6.92 Å². The zero-order valence-corrected chi connectivity index (χ0v) is 10.8. The minimum atomic E-state index is 0.333. The molecule has 5 nitrogen and oxygen atoms in total. The van der Waals surface area contributed by atoms with E-state index in [4.69, 9.17) is 0 Å². The molecule has 0 fully saturated rings. The van der Waals surface area contributed by atoms with Gasteiger partial charge in [-0.1, -0.05) is 11.3 Å². The fourth-order valence-electron chi connectivity index (χ4n) is 2.36. The van der Waals surface area contributed by atoms with Crippen LogP contribution in [0.3, 0.4) is 0 Å². The number of anilines is 1. The van der Waals surface area contributed by atoms with Crippen molar-refractivity contribution in [2.75, 3.05) is 5.32 Å². The maximum absolute atomic E-state index is 4.34. The van der Waals surface area contributed by atoms with Gasteiger partial charge in [-0.15, -0.1) is 10.2 Å². The Kier molecular flexibility index (Phi) is 2.58. The molecule has 17 heavy (non-hydrogen) atoms. The van der Waals surface area contributed by atoms with Gasteiger partial charge in [0, 0.05) is 18.3 Å². The molecule has 1 N–H and O–H groups in total. The van der Waals surface area contributed by atoms with Gasteiger partial charge in [-0.2, -0.15) is 5.10 Å². The van der Waals surface area contributed by atoms with Gasteiger partial charge < -0.3 is 5.32 Å². The quantitative estimate of drug-likeness (QED) is 0.885. The molecule has 0 aliphatic heterocycles. The van der Waals surface area contributed by atoms with E-state index in [2.05, 4.69) is 20.6 Å². The summed E-state index contributed by atoms with van der Waals surface area (Å²) in [5, 5.41) is 17.9. The molecule has 0 amide bonds. The lowest BCUT2D eigenvalue weighted by atomic mass is 9.93. The van der Waals surface area contributed by atoms with E-state index in [1.807, 2.05) is 24.9 Å². The van der Waals surface area contributed by atoms with Crippen LogP contribution in [0.4, 0.5) is 5.13 Å². The van der Waals surface area contributed by atoms with E-state index in [1.54, 1.807) is 11.3 Å². The molecule has 1 unspecified atom stereocenters. The summed E-state index contributed by atoms with van der Waals surface area (Å²) >= 11 is 1.60. The Labute approximate surface area is 104 Å². The molecular weight excluding hydrogens is 234 g/mol. The molecule has 3 rings (SSSR count). The summed E-state index contributed by atoms with van der Waals surface area (Å²) in [5.74, 6) is 0. The van der Waals surface area contributed by atoms with Crippen molar-refractivity contribution in [3.05, 3.63) is 22.5 Å². The van der Waals surface area contributed by atoms with Crippen LogP contribution in [-0.4, -0.2) is 20.0 Å². The topological polar surface area (TPSA) is 55.6 Å². The molecule has 90 valence electrons. The van der Waals surface area contributed by atoms with E-state index in [-0.39, 0.29) is 0 Å². The molecular formula is C11H15N5S. The summed E-state index contributed by atoms with van der Waals surface area (Å²) in [6.07, 6.45) is 5.43. The zero-order valence-electron chi connectivity index (χ0n) is 9.97. The van der Waals surface area contributed by atoms with Crippen molar-refractivity contribution in [2.24, 2.45) is 7.05 Å². The van der Waals surface area contributed by atoms with Gasteiger partial charge in [0.15, 0.2) is 0 Å². The molecule has 0 saturated carbocycles. The van der Waals surface area contributed by atoms with Gasteiger partial charge >= 0.3 is 0 Å². The van der Waals surface area contributed by atoms with Crippen molar-refractivity contribution in [3.8, 4) is 0 Å². The summed E-state index contributed by atoms with van der Waals surface area (Å²) in [5.41, 5.74) is 2.65. The molecule has 0 bridgehead atoms. The Balaban J connectivity index is 1.85. The number of hydrogen-bond acceptors (Lipinski definition) is 5. The molecule has 2 aromatic rings. The van der Waals surface area contributed by atoms with E-state index in [1.165, 1.54) is 17.7 Å². The molecule has 0 radical (unpaired) electrons. The lowest BCUT2D eigenvalue weighted by Crippen LogP contribution is -2.17. The first kappa shape index (κ1) is 10.7. The highest BCUT2D eigenvalue weighted by Gasteiger charge is 2.23. The maximum atomic E-state index is 4.34. The highest BCUT2D eigenvalue weighted by atomic mass is 32.1. The normalized spacial score (nSPS) is 19.1. The number of nitrogens with one attached hydrogen (secondary N) is 1. The third-order valence-corrected chi connectivity index (χ3v) is 3.97. The first-order valence-corrected chi connectivity index (χ1v) is 6.63. The van der Waals surface area contributed by atoms with Crippen LogP contribution in [0.1, 0.15) is 35.1 Å². The first-order valence-electron chi connectivity index (χ1n) is 5.81. The molecule has 0 saturated heterocycles. The Morgan fingerprint density at radius 1 is 1.47 bits per heavy atom. The average Bonchev–Trinajstić information content (AvgIpc) is 2.88. The van der Waals surface area contributed by atoms with Crippen molar-refractivity contribution < 1.29 is 0 Å². The zero-order chi connectivity index (χ0) is 11.8. The van der Waals surface area contributed by atoms with Crippen molar-refractivity contribution in [1.29, 1.82) is 0 Å². The lowest BCUT2D eigenvalue weighted by molar-refractivity contribution is 0.571. The van der Waals surface area contributed by atoms with Gasteiger partial charge in [0.1, 0.15) is 5.01 Å². The van der Waals surface area contributed by atoms with Gasteiger partial charge in [-0.3, -0.25) is 4.68 Å². The third-order valence-electron chi connectivity index (χ3n) is 3.20. The smallest absolute Gasteiger partial charge is 0.206 e. The predicted molar refractivity (Wildman–Crippen MR) is 67.2 cm³/mol. The first-order chi connectivity index (χ1) is 8.24. The molecule has 1 aliphatic rings. The largest absolute Gasteiger partial charge is 0.353 e. The average molecular weight is 249 g/mol. The van der Waals surface area contributed by atoms with Crippen LogP contribution in [0.5, 0.6) is 0 Å². The Hall–Kier alpha value is -1.43. The molecule has 2 aromatic heterocycles. The SMILES string of the molecule is Cc1nnc(NC2CCCc3c2cnn3C)s1. The van der Waals surface area contributed by atoms with Crippen LogP contribution >= 0.6 is 11.3 Å². The standard InChI is InChI=1S/C11H15N5S/c1-7-14-15-11(17-7)13-9-4-3-5-10-8(9)6-12-16(10)2/h6,9H,3-5H2,1-2H3,(H,13,15). The van der Waals surface area contributed by atoms with Crippen molar-refractivity contribution in [3.63, 3.8) is 0 Å². The molecule has 1 atom stereocenters. The van der Waals surface area contributed by atoms with Gasteiger partial charge in [0.25, 0.3) is 0 Å². The number of nitrogens with zero attached hydrogens (tertiary/aromatic N) is 4. The third kappa shape index (κ3) is 1.93. The molecule has 0 spiro atoms. The summed E-state index contributed by atoms with van der Waals surface area (Å²) < 4.78 is 1.98. The van der Waals surface area contributed by atoms with Crippen molar-refractivity contribution in [1.82, 2.24) is 20.0 Å². The predicted octanol–water partition coefficient (Wildman–Crippen LogP) is 2.07. The monoisotopic (exact) mass is 249 g/mol. The van der Waals surface area contributed by atoms with Crippen LogP contribution in [-0.2, 0) is 13.5 Å². The summed E-state index contributed by atoms with van der Waals surface area (Å²) in [4.78, 5) is 0. The molecule has 0 aromatic carbocycles. The number of hydrogen-bond donors (Lipinski definition) is 1.